The lowest BCUT2D eigenvalue weighted by molar-refractivity contribution is -0.132. The molecular formula is C27H30N6O4. The first-order valence-electron chi connectivity index (χ1n) is 12.4. The molecule has 5 rings (SSSR count). The molecule has 1 aliphatic heterocycles. The zero-order chi connectivity index (χ0) is 26.1. The van der Waals surface area contributed by atoms with Crippen molar-refractivity contribution in [3.8, 4) is 11.4 Å². The Morgan fingerprint density at radius 3 is 2.65 bits per heavy atom. The van der Waals surface area contributed by atoms with Crippen LogP contribution >= 0.6 is 0 Å². The van der Waals surface area contributed by atoms with Crippen molar-refractivity contribution in [2.24, 2.45) is 5.73 Å². The van der Waals surface area contributed by atoms with Gasteiger partial charge in [-0.3, -0.25) is 19.0 Å². The lowest BCUT2D eigenvalue weighted by atomic mass is 10.1. The average Bonchev–Trinajstić information content (AvgIpc) is 3.47. The van der Waals surface area contributed by atoms with E-state index in [2.05, 4.69) is 10.3 Å². The summed E-state index contributed by atoms with van der Waals surface area (Å²) in [6, 6.07) is 12.2. The molecule has 1 saturated heterocycles. The van der Waals surface area contributed by atoms with E-state index in [9.17, 15) is 14.4 Å². The number of carbonyl (C=O) groups excluding carboxylic acids is 3. The molecule has 1 unspecified atom stereocenters. The zero-order valence-electron chi connectivity index (χ0n) is 20.6. The molecule has 1 saturated carbocycles. The fraction of sp³-hybridized carbons (Fsp3) is 0.333. The van der Waals surface area contributed by atoms with Gasteiger partial charge in [-0.2, -0.15) is 0 Å². The van der Waals surface area contributed by atoms with Crippen molar-refractivity contribution in [1.82, 2.24) is 19.8 Å². The van der Waals surface area contributed by atoms with Gasteiger partial charge >= 0.3 is 0 Å². The molecule has 0 spiro atoms. The Kier molecular flexibility index (Phi) is 6.66. The maximum Gasteiger partial charge on any atom is 0.260 e. The van der Waals surface area contributed by atoms with Crippen LogP contribution in [0.15, 0.2) is 48.8 Å². The Hall–Kier alpha value is -4.18. The van der Waals surface area contributed by atoms with Gasteiger partial charge in [-0.05, 0) is 56.0 Å². The molecule has 5 N–H and O–H groups in total. The van der Waals surface area contributed by atoms with Crippen molar-refractivity contribution in [3.05, 3.63) is 71.2 Å². The summed E-state index contributed by atoms with van der Waals surface area (Å²) < 4.78 is 7.26. The number of nitrogen functional groups attached to an aromatic ring is 1. The molecule has 192 valence electrons. The highest BCUT2D eigenvalue weighted by atomic mass is 16.5. The Morgan fingerprint density at radius 1 is 1.11 bits per heavy atom. The van der Waals surface area contributed by atoms with Crippen molar-refractivity contribution in [2.75, 3.05) is 25.4 Å². The third-order valence-electron chi connectivity index (χ3n) is 6.70. The number of likely N-dealkylation sites (tertiary alicyclic amines) is 1. The molecule has 1 aliphatic carbocycles. The van der Waals surface area contributed by atoms with E-state index < -0.39 is 0 Å². The van der Waals surface area contributed by atoms with E-state index in [-0.39, 0.29) is 47.8 Å². The second-order valence-corrected chi connectivity index (χ2v) is 9.63. The lowest BCUT2D eigenvalue weighted by Gasteiger charge is -2.16. The number of ketones is 1. The summed E-state index contributed by atoms with van der Waals surface area (Å²) in [5, 5.41) is 2.98. The van der Waals surface area contributed by atoms with E-state index in [0.717, 1.165) is 24.8 Å². The number of nitrogens with one attached hydrogen (secondary N) is 1. The fourth-order valence-electron chi connectivity index (χ4n) is 4.35. The summed E-state index contributed by atoms with van der Waals surface area (Å²) in [5.74, 6) is -0.0952. The maximum absolute atomic E-state index is 13.3. The van der Waals surface area contributed by atoms with Crippen molar-refractivity contribution >= 4 is 23.4 Å². The molecule has 2 aliphatic rings. The molecule has 1 aromatic heterocycles. The zero-order valence-corrected chi connectivity index (χ0v) is 20.6. The van der Waals surface area contributed by atoms with Crippen molar-refractivity contribution in [1.29, 1.82) is 0 Å². The summed E-state index contributed by atoms with van der Waals surface area (Å²) >= 11 is 0. The predicted octanol–water partition coefficient (Wildman–Crippen LogP) is 1.82. The largest absolute Gasteiger partial charge is 0.484 e. The Balaban J connectivity index is 1.31. The maximum atomic E-state index is 13.3. The molecule has 10 nitrogen and oxygen atoms in total. The molecule has 2 heterocycles. The van der Waals surface area contributed by atoms with Crippen LogP contribution in [0.2, 0.25) is 0 Å². The topological polar surface area (TPSA) is 146 Å². The third-order valence-corrected chi connectivity index (χ3v) is 6.70. The van der Waals surface area contributed by atoms with Crippen LogP contribution in [0.4, 0.5) is 5.82 Å². The number of nitrogens with two attached hydrogens (primary N) is 2. The van der Waals surface area contributed by atoms with Crippen LogP contribution in [0.25, 0.3) is 5.69 Å². The van der Waals surface area contributed by atoms with Crippen molar-refractivity contribution in [2.45, 2.75) is 38.3 Å². The van der Waals surface area contributed by atoms with Crippen LogP contribution in [0.3, 0.4) is 0 Å². The number of benzene rings is 2. The number of hydrogen-bond acceptors (Lipinski definition) is 7. The van der Waals surface area contributed by atoms with Crippen LogP contribution in [0, 0.1) is 6.92 Å². The summed E-state index contributed by atoms with van der Waals surface area (Å²) in [7, 11) is 0. The minimum atomic E-state index is -0.376. The predicted molar refractivity (Wildman–Crippen MR) is 138 cm³/mol. The molecule has 2 amide bonds. The number of anilines is 1. The van der Waals surface area contributed by atoms with Gasteiger partial charge in [0.2, 0.25) is 5.78 Å². The minimum absolute atomic E-state index is 0.00122. The molecule has 3 aromatic rings. The van der Waals surface area contributed by atoms with E-state index in [1.165, 1.54) is 6.33 Å². The van der Waals surface area contributed by atoms with E-state index in [1.807, 2.05) is 13.0 Å². The highest BCUT2D eigenvalue weighted by molar-refractivity contribution is 6.10. The Bertz CT molecular complexity index is 1360. The molecule has 0 radical (unpaired) electrons. The van der Waals surface area contributed by atoms with Gasteiger partial charge < -0.3 is 26.4 Å². The van der Waals surface area contributed by atoms with E-state index in [0.29, 0.717) is 35.7 Å². The number of aromatic nitrogens is 2. The number of aryl methyl sites for hydroxylation is 1. The molecule has 2 fully saturated rings. The van der Waals surface area contributed by atoms with Gasteiger partial charge in [-0.25, -0.2) is 4.98 Å². The quantitative estimate of drug-likeness (QED) is 0.398. The third kappa shape index (κ3) is 5.34. The SMILES string of the molecule is Cc1ccc(C(=O)NC2CC2)cc1-n1cnc(C(=O)c2cccc(OCC(=O)N3CCC(N)C3)c2)c1N. The minimum Gasteiger partial charge on any atom is -0.484 e. The van der Waals surface area contributed by atoms with Gasteiger partial charge in [-0.15, -0.1) is 0 Å². The molecular weight excluding hydrogens is 472 g/mol. The van der Waals surface area contributed by atoms with E-state index >= 15 is 0 Å². The second kappa shape index (κ2) is 10.1. The van der Waals surface area contributed by atoms with Crippen LogP contribution in [-0.4, -0.2) is 63.8 Å². The standard InChI is InChI=1S/C27H30N6O4/c1-16-5-6-18(27(36)31-20-7-8-20)12-22(16)33-15-30-24(26(33)29)25(35)17-3-2-4-21(11-17)37-14-23(34)32-10-9-19(28)13-32/h2-6,11-12,15,19-20H,7-10,13-14,28-29H2,1H3,(H,31,36). The number of nitrogens with zero attached hydrogens (tertiary/aromatic N) is 3. The number of ether oxygens (including phenoxy) is 1. The molecule has 37 heavy (non-hydrogen) atoms. The summed E-state index contributed by atoms with van der Waals surface area (Å²) in [6.45, 7) is 2.91. The van der Waals surface area contributed by atoms with Crippen LogP contribution in [0.5, 0.6) is 5.75 Å². The first-order valence-corrected chi connectivity index (χ1v) is 12.4. The smallest absolute Gasteiger partial charge is 0.260 e. The van der Waals surface area contributed by atoms with Crippen molar-refractivity contribution in [3.63, 3.8) is 0 Å². The monoisotopic (exact) mass is 502 g/mol. The van der Waals surface area contributed by atoms with Crippen LogP contribution < -0.4 is 21.5 Å². The van der Waals surface area contributed by atoms with Crippen molar-refractivity contribution < 1.29 is 19.1 Å². The highest BCUT2D eigenvalue weighted by Crippen LogP contribution is 2.25. The first-order chi connectivity index (χ1) is 17.8. The summed E-state index contributed by atoms with van der Waals surface area (Å²) in [6.07, 6.45) is 4.26. The molecule has 2 aromatic carbocycles. The van der Waals surface area contributed by atoms with Crippen LogP contribution in [-0.2, 0) is 4.79 Å². The number of hydrogen-bond donors (Lipinski definition) is 3. The number of carbonyl (C=O) groups is 3. The number of amides is 2. The van der Waals surface area contributed by atoms with Gasteiger partial charge in [-0.1, -0.05) is 18.2 Å². The first kappa shape index (κ1) is 24.5. The Morgan fingerprint density at radius 2 is 1.92 bits per heavy atom. The summed E-state index contributed by atoms with van der Waals surface area (Å²) in [5.41, 5.74) is 14.7. The fourth-order valence-corrected chi connectivity index (χ4v) is 4.35. The van der Waals surface area contributed by atoms with Gasteiger partial charge in [0.25, 0.3) is 11.8 Å². The molecule has 1 atom stereocenters. The average molecular weight is 503 g/mol. The normalized spacial score (nSPS) is 17.0. The van der Waals surface area contributed by atoms with Gasteiger partial charge in [0.05, 0.1) is 5.69 Å². The van der Waals surface area contributed by atoms with Gasteiger partial charge in [0.15, 0.2) is 12.3 Å². The van der Waals surface area contributed by atoms with Gasteiger partial charge in [0, 0.05) is 36.3 Å². The van der Waals surface area contributed by atoms with Crippen LogP contribution in [0.1, 0.15) is 51.2 Å². The molecule has 10 heteroatoms. The Labute approximate surface area is 214 Å². The second-order valence-electron chi connectivity index (χ2n) is 9.63. The van der Waals surface area contributed by atoms with E-state index in [4.69, 9.17) is 16.2 Å². The molecule has 0 bridgehead atoms. The van der Waals surface area contributed by atoms with Gasteiger partial charge in [0.1, 0.15) is 17.9 Å². The highest BCUT2D eigenvalue weighted by Gasteiger charge is 2.26. The number of rotatable bonds is 8. The lowest BCUT2D eigenvalue weighted by Crippen LogP contribution is -2.35. The summed E-state index contributed by atoms with van der Waals surface area (Å²) in [4.78, 5) is 44.1. The van der Waals surface area contributed by atoms with E-state index in [1.54, 1.807) is 45.9 Å². The number of imidazole rings is 1.